The Morgan fingerprint density at radius 3 is 2.93 bits per heavy atom. The molecular formula is C10H12N4S. The third-order valence-electron chi connectivity index (χ3n) is 2.24. The van der Waals surface area contributed by atoms with Crippen molar-refractivity contribution in [3.05, 3.63) is 42.7 Å². The lowest BCUT2D eigenvalue weighted by atomic mass is 10.2. The van der Waals surface area contributed by atoms with Crippen LogP contribution in [-0.2, 0) is 0 Å². The molecule has 0 saturated carbocycles. The van der Waals surface area contributed by atoms with E-state index in [1.807, 2.05) is 23.1 Å². The fourth-order valence-electron chi connectivity index (χ4n) is 1.53. The molecule has 1 aliphatic rings. The largest absolute Gasteiger partial charge is 0.323 e. The lowest BCUT2D eigenvalue weighted by Crippen LogP contribution is -2.29. The molecule has 15 heavy (non-hydrogen) atoms. The second kappa shape index (κ2) is 4.37. The van der Waals surface area contributed by atoms with Crippen LogP contribution in [-0.4, -0.2) is 21.5 Å². The Morgan fingerprint density at radius 2 is 2.27 bits per heavy atom. The van der Waals surface area contributed by atoms with Gasteiger partial charge in [-0.3, -0.25) is 10.4 Å². The standard InChI is InChI=1S/C10H12N4S/c1-2-7-14-9(12-13-10(14)15)8-3-5-11-6-4-8/h2-6,9,12H,1,7H2,(H,13,15). The van der Waals surface area contributed by atoms with Crippen LogP contribution in [0.25, 0.3) is 0 Å². The summed E-state index contributed by atoms with van der Waals surface area (Å²) in [6.07, 6.45) is 5.42. The van der Waals surface area contributed by atoms with Crippen molar-refractivity contribution in [2.45, 2.75) is 6.17 Å². The number of aromatic nitrogens is 1. The second-order valence-electron chi connectivity index (χ2n) is 3.20. The molecule has 0 bridgehead atoms. The van der Waals surface area contributed by atoms with Crippen LogP contribution in [0.1, 0.15) is 11.7 Å². The van der Waals surface area contributed by atoms with Gasteiger partial charge in [-0.15, -0.1) is 6.58 Å². The van der Waals surface area contributed by atoms with Crippen molar-refractivity contribution >= 4 is 17.3 Å². The summed E-state index contributed by atoms with van der Waals surface area (Å²) < 4.78 is 0. The first-order valence-corrected chi connectivity index (χ1v) is 5.06. The molecule has 1 fully saturated rings. The van der Waals surface area contributed by atoms with Crippen molar-refractivity contribution in [1.82, 2.24) is 20.7 Å². The number of thiocarbonyl (C=S) groups is 1. The maximum absolute atomic E-state index is 5.17. The molecule has 0 aliphatic carbocycles. The predicted octanol–water partition coefficient (Wildman–Crippen LogP) is 0.961. The molecule has 1 atom stereocenters. The van der Waals surface area contributed by atoms with Crippen molar-refractivity contribution in [2.24, 2.45) is 0 Å². The van der Waals surface area contributed by atoms with Gasteiger partial charge in [0.1, 0.15) is 6.17 Å². The smallest absolute Gasteiger partial charge is 0.185 e. The van der Waals surface area contributed by atoms with Crippen LogP contribution in [0, 0.1) is 0 Å². The van der Waals surface area contributed by atoms with E-state index >= 15 is 0 Å². The molecule has 1 aliphatic heterocycles. The van der Waals surface area contributed by atoms with Crippen molar-refractivity contribution in [3.8, 4) is 0 Å². The van der Waals surface area contributed by atoms with Crippen LogP contribution in [0.3, 0.4) is 0 Å². The average Bonchev–Trinajstić information content (AvgIpc) is 2.63. The predicted molar refractivity (Wildman–Crippen MR) is 62.8 cm³/mol. The second-order valence-corrected chi connectivity index (χ2v) is 3.59. The summed E-state index contributed by atoms with van der Waals surface area (Å²) in [5.74, 6) is 0. The van der Waals surface area contributed by atoms with E-state index in [1.54, 1.807) is 12.4 Å². The molecule has 1 unspecified atom stereocenters. The summed E-state index contributed by atoms with van der Waals surface area (Å²) in [6.45, 7) is 4.43. The Kier molecular flexibility index (Phi) is 2.94. The molecule has 0 amide bonds. The minimum Gasteiger partial charge on any atom is -0.323 e. The van der Waals surface area contributed by atoms with Gasteiger partial charge in [-0.05, 0) is 29.9 Å². The van der Waals surface area contributed by atoms with E-state index in [9.17, 15) is 0 Å². The summed E-state index contributed by atoms with van der Waals surface area (Å²) >= 11 is 5.17. The average molecular weight is 220 g/mol. The third kappa shape index (κ3) is 1.98. The minimum atomic E-state index is 0.0542. The number of hydrogen-bond acceptors (Lipinski definition) is 3. The maximum atomic E-state index is 5.17. The molecule has 78 valence electrons. The topological polar surface area (TPSA) is 40.2 Å². The number of hydrogen-bond donors (Lipinski definition) is 2. The van der Waals surface area contributed by atoms with Crippen LogP contribution >= 0.6 is 12.2 Å². The Balaban J connectivity index is 2.22. The molecule has 1 saturated heterocycles. The summed E-state index contributed by atoms with van der Waals surface area (Å²) in [7, 11) is 0. The molecule has 4 nitrogen and oxygen atoms in total. The van der Waals surface area contributed by atoms with Gasteiger partial charge in [0.2, 0.25) is 0 Å². The van der Waals surface area contributed by atoms with Crippen molar-refractivity contribution in [3.63, 3.8) is 0 Å². The first-order chi connectivity index (χ1) is 7.33. The Labute approximate surface area is 94.0 Å². The monoisotopic (exact) mass is 220 g/mol. The van der Waals surface area contributed by atoms with Crippen LogP contribution in [0.15, 0.2) is 37.2 Å². The molecular weight excluding hydrogens is 208 g/mol. The van der Waals surface area contributed by atoms with Gasteiger partial charge in [-0.25, -0.2) is 5.43 Å². The molecule has 0 radical (unpaired) electrons. The highest BCUT2D eigenvalue weighted by atomic mass is 32.1. The highest BCUT2D eigenvalue weighted by molar-refractivity contribution is 7.80. The molecule has 1 aromatic heterocycles. The van der Waals surface area contributed by atoms with Crippen LogP contribution < -0.4 is 10.9 Å². The van der Waals surface area contributed by atoms with Gasteiger partial charge in [0.15, 0.2) is 5.11 Å². The van der Waals surface area contributed by atoms with Crippen molar-refractivity contribution < 1.29 is 0 Å². The summed E-state index contributed by atoms with van der Waals surface area (Å²) in [5, 5.41) is 0.691. The fourth-order valence-corrected chi connectivity index (χ4v) is 1.77. The molecule has 5 heteroatoms. The number of nitrogens with zero attached hydrogens (tertiary/aromatic N) is 2. The Hall–Kier alpha value is -1.46. The summed E-state index contributed by atoms with van der Waals surface area (Å²) in [6, 6.07) is 3.92. The van der Waals surface area contributed by atoms with E-state index in [0.717, 1.165) is 5.56 Å². The molecule has 0 spiro atoms. The first kappa shape index (κ1) is 10.1. The molecule has 2 N–H and O–H groups in total. The van der Waals surface area contributed by atoms with Gasteiger partial charge in [0.25, 0.3) is 0 Å². The fraction of sp³-hybridized carbons (Fsp3) is 0.200. The van der Waals surface area contributed by atoms with E-state index in [0.29, 0.717) is 11.7 Å². The van der Waals surface area contributed by atoms with E-state index < -0.39 is 0 Å². The minimum absolute atomic E-state index is 0.0542. The van der Waals surface area contributed by atoms with E-state index in [1.165, 1.54) is 0 Å². The van der Waals surface area contributed by atoms with Crippen LogP contribution in [0.5, 0.6) is 0 Å². The first-order valence-electron chi connectivity index (χ1n) is 4.66. The summed E-state index contributed by atoms with van der Waals surface area (Å²) in [5.41, 5.74) is 7.18. The van der Waals surface area contributed by atoms with Gasteiger partial charge >= 0.3 is 0 Å². The third-order valence-corrected chi connectivity index (χ3v) is 2.57. The van der Waals surface area contributed by atoms with Crippen molar-refractivity contribution in [1.29, 1.82) is 0 Å². The van der Waals surface area contributed by atoms with E-state index in [4.69, 9.17) is 12.2 Å². The van der Waals surface area contributed by atoms with Gasteiger partial charge in [-0.1, -0.05) is 6.08 Å². The lowest BCUT2D eigenvalue weighted by Gasteiger charge is -2.22. The number of nitrogens with one attached hydrogen (secondary N) is 2. The normalized spacial score (nSPS) is 20.1. The van der Waals surface area contributed by atoms with Crippen LogP contribution in [0.4, 0.5) is 0 Å². The summed E-state index contributed by atoms with van der Waals surface area (Å²) in [4.78, 5) is 6.01. The highest BCUT2D eigenvalue weighted by Crippen LogP contribution is 2.19. The number of rotatable bonds is 3. The van der Waals surface area contributed by atoms with Gasteiger partial charge < -0.3 is 4.90 Å². The Morgan fingerprint density at radius 1 is 1.53 bits per heavy atom. The van der Waals surface area contributed by atoms with Gasteiger partial charge in [-0.2, -0.15) is 0 Å². The van der Waals surface area contributed by atoms with E-state index in [-0.39, 0.29) is 6.17 Å². The Bertz CT molecular complexity index is 365. The van der Waals surface area contributed by atoms with Crippen molar-refractivity contribution in [2.75, 3.05) is 6.54 Å². The molecule has 2 heterocycles. The molecule has 1 aromatic rings. The highest BCUT2D eigenvalue weighted by Gasteiger charge is 2.27. The maximum Gasteiger partial charge on any atom is 0.185 e. The zero-order valence-electron chi connectivity index (χ0n) is 8.18. The SMILES string of the molecule is C=CCN1C(=S)NNC1c1ccncc1. The zero-order chi connectivity index (χ0) is 10.7. The van der Waals surface area contributed by atoms with E-state index in [2.05, 4.69) is 22.4 Å². The number of pyridine rings is 1. The molecule has 2 rings (SSSR count). The van der Waals surface area contributed by atoms with Gasteiger partial charge in [0.05, 0.1) is 0 Å². The quantitative estimate of drug-likeness (QED) is 0.586. The van der Waals surface area contributed by atoms with Crippen LogP contribution in [0.2, 0.25) is 0 Å². The van der Waals surface area contributed by atoms with Gasteiger partial charge in [0, 0.05) is 18.9 Å². The molecule has 0 aromatic carbocycles. The lowest BCUT2D eigenvalue weighted by molar-refractivity contribution is 0.341. The zero-order valence-corrected chi connectivity index (χ0v) is 9.00. The number of hydrazine groups is 1.